The molecule has 1 saturated heterocycles. The Morgan fingerprint density at radius 2 is 2.00 bits per heavy atom. The number of hydrogen-bond donors (Lipinski definition) is 2. The Kier molecular flexibility index (Phi) is 4.20. The van der Waals surface area contributed by atoms with E-state index >= 15 is 0 Å². The number of carboxylic acid groups (broad SMARTS) is 1. The Bertz CT molecular complexity index is 650. The van der Waals surface area contributed by atoms with Crippen molar-refractivity contribution in [3.63, 3.8) is 0 Å². The molecule has 0 bridgehead atoms. The maximum Gasteiger partial charge on any atom is 0.335 e. The van der Waals surface area contributed by atoms with Crippen molar-refractivity contribution in [3.05, 3.63) is 65.0 Å². The Labute approximate surface area is 130 Å². The fourth-order valence-electron chi connectivity index (χ4n) is 3.02. The third-order valence-electron chi connectivity index (χ3n) is 4.32. The number of nitrogens with zero attached hydrogens (tertiary/aromatic N) is 1. The van der Waals surface area contributed by atoms with Gasteiger partial charge < -0.3 is 10.4 Å². The van der Waals surface area contributed by atoms with Gasteiger partial charge >= 0.3 is 5.97 Å². The minimum atomic E-state index is -0.884. The number of aryl methyl sites for hydroxylation is 1. The van der Waals surface area contributed by atoms with Gasteiger partial charge in [-0.2, -0.15) is 0 Å². The molecule has 2 heterocycles. The molecule has 0 aliphatic carbocycles. The highest BCUT2D eigenvalue weighted by Crippen LogP contribution is 2.33. The van der Waals surface area contributed by atoms with Crippen molar-refractivity contribution < 1.29 is 9.90 Å². The van der Waals surface area contributed by atoms with Crippen LogP contribution in [0.4, 0.5) is 0 Å². The normalized spacial score (nSPS) is 21.5. The number of benzene rings is 1. The van der Waals surface area contributed by atoms with E-state index in [1.165, 1.54) is 5.56 Å². The van der Waals surface area contributed by atoms with Crippen molar-refractivity contribution >= 4 is 5.97 Å². The highest BCUT2D eigenvalue weighted by atomic mass is 16.4. The van der Waals surface area contributed by atoms with Crippen molar-refractivity contribution in [3.8, 4) is 0 Å². The van der Waals surface area contributed by atoms with Gasteiger partial charge in [-0.3, -0.25) is 4.98 Å². The molecule has 1 unspecified atom stereocenters. The number of carboxylic acids is 1. The Morgan fingerprint density at radius 3 is 2.64 bits per heavy atom. The van der Waals surface area contributed by atoms with E-state index in [4.69, 9.17) is 5.11 Å². The number of aromatic nitrogens is 1. The van der Waals surface area contributed by atoms with Gasteiger partial charge in [0.2, 0.25) is 0 Å². The van der Waals surface area contributed by atoms with Gasteiger partial charge in [-0.1, -0.05) is 18.2 Å². The first-order valence-corrected chi connectivity index (χ1v) is 7.62. The summed E-state index contributed by atoms with van der Waals surface area (Å²) in [6, 6.07) is 11.7. The largest absolute Gasteiger partial charge is 0.478 e. The first kappa shape index (κ1) is 14.7. The number of nitrogens with one attached hydrogen (secondary N) is 1. The van der Waals surface area contributed by atoms with E-state index in [0.29, 0.717) is 11.5 Å². The third-order valence-corrected chi connectivity index (χ3v) is 4.32. The van der Waals surface area contributed by atoms with E-state index in [-0.39, 0.29) is 6.04 Å². The lowest BCUT2D eigenvalue weighted by molar-refractivity contribution is 0.0697. The highest BCUT2D eigenvalue weighted by molar-refractivity contribution is 5.87. The van der Waals surface area contributed by atoms with Crippen LogP contribution in [0.3, 0.4) is 0 Å². The van der Waals surface area contributed by atoms with Crippen LogP contribution in [0, 0.1) is 6.92 Å². The molecule has 2 aromatic rings. The van der Waals surface area contributed by atoms with Gasteiger partial charge in [-0.25, -0.2) is 4.79 Å². The van der Waals surface area contributed by atoms with Crippen molar-refractivity contribution in [2.24, 2.45) is 0 Å². The van der Waals surface area contributed by atoms with Crippen LogP contribution in [-0.2, 0) is 0 Å². The maximum absolute atomic E-state index is 10.9. The summed E-state index contributed by atoms with van der Waals surface area (Å²) in [5, 5.41) is 12.5. The molecule has 2 atom stereocenters. The molecule has 114 valence electrons. The first-order valence-electron chi connectivity index (χ1n) is 7.62. The van der Waals surface area contributed by atoms with Crippen molar-refractivity contribution in [1.82, 2.24) is 10.3 Å². The second kappa shape index (κ2) is 6.28. The van der Waals surface area contributed by atoms with E-state index in [2.05, 4.69) is 22.4 Å². The molecule has 1 aromatic heterocycles. The Hall–Kier alpha value is -2.20. The molecule has 4 nitrogen and oxygen atoms in total. The van der Waals surface area contributed by atoms with Crippen LogP contribution in [0.5, 0.6) is 0 Å². The zero-order chi connectivity index (χ0) is 15.5. The summed E-state index contributed by atoms with van der Waals surface area (Å²) in [5.74, 6) is -0.434. The molecule has 1 aliphatic rings. The Balaban J connectivity index is 1.75. The van der Waals surface area contributed by atoms with Crippen molar-refractivity contribution in [2.75, 3.05) is 6.54 Å². The summed E-state index contributed by atoms with van der Waals surface area (Å²) >= 11 is 0. The third kappa shape index (κ3) is 3.17. The SMILES string of the molecule is Cc1ccc(C2CCN[C@H](c3ccc(C(=O)O)cc3)C2)nc1. The van der Waals surface area contributed by atoms with Crippen molar-refractivity contribution in [2.45, 2.75) is 31.7 Å². The molecule has 4 heteroatoms. The van der Waals surface area contributed by atoms with E-state index in [1.54, 1.807) is 12.1 Å². The van der Waals surface area contributed by atoms with Gasteiger partial charge in [-0.15, -0.1) is 0 Å². The summed E-state index contributed by atoms with van der Waals surface area (Å²) in [5.41, 5.74) is 3.80. The van der Waals surface area contributed by atoms with Gasteiger partial charge in [0.05, 0.1) is 5.56 Å². The van der Waals surface area contributed by atoms with Gasteiger partial charge in [0.15, 0.2) is 0 Å². The van der Waals surface area contributed by atoms with Crippen LogP contribution in [0.15, 0.2) is 42.6 Å². The minimum Gasteiger partial charge on any atom is -0.478 e. The lowest BCUT2D eigenvalue weighted by Gasteiger charge is -2.30. The Morgan fingerprint density at radius 1 is 1.23 bits per heavy atom. The fourth-order valence-corrected chi connectivity index (χ4v) is 3.02. The van der Waals surface area contributed by atoms with E-state index in [9.17, 15) is 4.79 Å². The molecule has 22 heavy (non-hydrogen) atoms. The van der Waals surface area contributed by atoms with Crippen LogP contribution in [0.25, 0.3) is 0 Å². The van der Waals surface area contributed by atoms with Gasteiger partial charge in [0, 0.05) is 23.9 Å². The smallest absolute Gasteiger partial charge is 0.335 e. The zero-order valence-electron chi connectivity index (χ0n) is 12.6. The van der Waals surface area contributed by atoms with Gasteiger partial charge in [-0.05, 0) is 55.6 Å². The summed E-state index contributed by atoms with van der Waals surface area (Å²) in [6.07, 6.45) is 4.00. The average molecular weight is 296 g/mol. The standard InChI is InChI=1S/C18H20N2O2/c1-12-2-7-16(20-11-12)15-8-9-19-17(10-15)13-3-5-14(6-4-13)18(21)22/h2-7,11,15,17,19H,8-10H2,1H3,(H,21,22)/t15?,17-/m0/s1. The number of carbonyl (C=O) groups is 1. The molecular weight excluding hydrogens is 276 g/mol. The fraction of sp³-hybridized carbons (Fsp3) is 0.333. The van der Waals surface area contributed by atoms with Crippen LogP contribution in [0.1, 0.15) is 52.0 Å². The molecule has 2 N–H and O–H groups in total. The summed E-state index contributed by atoms with van der Waals surface area (Å²) in [4.78, 5) is 15.5. The summed E-state index contributed by atoms with van der Waals surface area (Å²) < 4.78 is 0. The zero-order valence-corrected chi connectivity index (χ0v) is 12.6. The summed E-state index contributed by atoms with van der Waals surface area (Å²) in [7, 11) is 0. The monoisotopic (exact) mass is 296 g/mol. The van der Waals surface area contributed by atoms with E-state index in [1.807, 2.05) is 25.3 Å². The molecule has 3 rings (SSSR count). The van der Waals surface area contributed by atoms with E-state index < -0.39 is 5.97 Å². The number of piperidine rings is 1. The molecule has 0 saturated carbocycles. The molecular formula is C18H20N2O2. The predicted molar refractivity (Wildman–Crippen MR) is 85.1 cm³/mol. The topological polar surface area (TPSA) is 62.2 Å². The molecule has 0 amide bonds. The van der Waals surface area contributed by atoms with Crippen molar-refractivity contribution in [1.29, 1.82) is 0 Å². The maximum atomic E-state index is 10.9. The highest BCUT2D eigenvalue weighted by Gasteiger charge is 2.24. The first-order chi connectivity index (χ1) is 10.6. The quantitative estimate of drug-likeness (QED) is 0.912. The number of pyridine rings is 1. The molecule has 0 radical (unpaired) electrons. The minimum absolute atomic E-state index is 0.254. The second-order valence-corrected chi connectivity index (χ2v) is 5.92. The molecule has 1 aliphatic heterocycles. The van der Waals surface area contributed by atoms with Gasteiger partial charge in [0.1, 0.15) is 0 Å². The predicted octanol–water partition coefficient (Wildman–Crippen LogP) is 3.30. The molecule has 1 fully saturated rings. The lowest BCUT2D eigenvalue weighted by Crippen LogP contribution is -2.31. The van der Waals surface area contributed by atoms with Crippen LogP contribution < -0.4 is 5.32 Å². The van der Waals surface area contributed by atoms with Crippen LogP contribution in [0.2, 0.25) is 0 Å². The van der Waals surface area contributed by atoms with E-state index in [0.717, 1.165) is 30.6 Å². The number of rotatable bonds is 3. The second-order valence-electron chi connectivity index (χ2n) is 5.92. The molecule has 1 aromatic carbocycles. The number of aromatic carboxylic acids is 1. The summed E-state index contributed by atoms with van der Waals surface area (Å²) in [6.45, 7) is 3.00. The number of hydrogen-bond acceptors (Lipinski definition) is 3. The average Bonchev–Trinajstić information content (AvgIpc) is 2.56. The lowest BCUT2D eigenvalue weighted by atomic mass is 9.86. The van der Waals surface area contributed by atoms with Gasteiger partial charge in [0.25, 0.3) is 0 Å². The van der Waals surface area contributed by atoms with Crippen LogP contribution in [-0.4, -0.2) is 22.6 Å². The molecule has 0 spiro atoms. The van der Waals surface area contributed by atoms with Crippen LogP contribution >= 0.6 is 0 Å².